The van der Waals surface area contributed by atoms with Crippen LogP contribution < -0.4 is 26.3 Å². The zero-order chi connectivity index (χ0) is 32.6. The monoisotopic (exact) mass is 623 g/mol. The molecule has 1 amide bonds. The van der Waals surface area contributed by atoms with Crippen LogP contribution in [0, 0.1) is 0 Å². The standard InChI is InChI=1S/C32H32F3N5O5/c1-3-44-30(42)25(38-27(41)18-36)15-19-9-11-21(12-10-19)24-17-28(40-31(37)39-24)45-29(32(33,34)35)22-13-14-23(26(16-22)43-2)20-7-5-4-6-8-20/h4-14,16-17,25,29H,3,15,18,36H2,1-2H3,(H,38,41)(H2,37,39,40)/t25-,29+/m0/s1. The lowest BCUT2D eigenvalue weighted by molar-refractivity contribution is -0.198. The van der Waals surface area contributed by atoms with Gasteiger partial charge in [0.2, 0.25) is 23.8 Å². The van der Waals surface area contributed by atoms with E-state index in [1.54, 1.807) is 37.3 Å². The van der Waals surface area contributed by atoms with Gasteiger partial charge in [-0.15, -0.1) is 0 Å². The van der Waals surface area contributed by atoms with E-state index in [-0.39, 0.29) is 48.4 Å². The number of aromatic nitrogens is 2. The average Bonchev–Trinajstić information content (AvgIpc) is 3.03. The Bertz CT molecular complexity index is 1620. The van der Waals surface area contributed by atoms with Crippen LogP contribution in [0.15, 0.2) is 78.9 Å². The lowest BCUT2D eigenvalue weighted by Crippen LogP contribution is -2.45. The van der Waals surface area contributed by atoms with Gasteiger partial charge in [-0.3, -0.25) is 4.79 Å². The zero-order valence-corrected chi connectivity index (χ0v) is 24.5. The van der Waals surface area contributed by atoms with E-state index in [2.05, 4.69) is 15.3 Å². The number of hydrogen-bond donors (Lipinski definition) is 3. The number of nitrogens with one attached hydrogen (secondary N) is 1. The molecule has 0 unspecified atom stereocenters. The number of nitrogens with zero attached hydrogens (tertiary/aromatic N) is 2. The van der Waals surface area contributed by atoms with Gasteiger partial charge in [-0.2, -0.15) is 18.2 Å². The van der Waals surface area contributed by atoms with Gasteiger partial charge in [0.05, 0.1) is 26.0 Å². The SMILES string of the molecule is CCOC(=O)[C@H](Cc1ccc(-c2cc(O[C@H](c3ccc(-c4ccccc4)c(OC)c3)C(F)(F)F)nc(N)n2)cc1)NC(=O)CN. The van der Waals surface area contributed by atoms with Gasteiger partial charge in [0.25, 0.3) is 0 Å². The van der Waals surface area contributed by atoms with Gasteiger partial charge in [-0.05, 0) is 24.1 Å². The second-order valence-corrected chi connectivity index (χ2v) is 9.79. The Hall–Kier alpha value is -5.17. The van der Waals surface area contributed by atoms with Crippen molar-refractivity contribution in [2.24, 2.45) is 5.73 Å². The van der Waals surface area contributed by atoms with Crippen molar-refractivity contribution >= 4 is 17.8 Å². The van der Waals surface area contributed by atoms with Crippen molar-refractivity contribution in [3.63, 3.8) is 0 Å². The lowest BCUT2D eigenvalue weighted by atomic mass is 10.00. The number of nitrogen functional groups attached to an aromatic ring is 1. The van der Waals surface area contributed by atoms with Gasteiger partial charge in [-0.25, -0.2) is 9.78 Å². The van der Waals surface area contributed by atoms with E-state index >= 15 is 0 Å². The molecule has 0 saturated heterocycles. The summed E-state index contributed by atoms with van der Waals surface area (Å²) in [4.78, 5) is 32.2. The molecular weight excluding hydrogens is 591 g/mol. The van der Waals surface area contributed by atoms with E-state index in [0.717, 1.165) is 5.56 Å². The summed E-state index contributed by atoms with van der Waals surface area (Å²) in [6.45, 7) is 1.49. The minimum atomic E-state index is -4.81. The summed E-state index contributed by atoms with van der Waals surface area (Å²) in [7, 11) is 1.38. The number of nitrogens with two attached hydrogens (primary N) is 2. The summed E-state index contributed by atoms with van der Waals surface area (Å²) in [5.41, 5.74) is 13.8. The Kier molecular flexibility index (Phi) is 10.6. The molecule has 236 valence electrons. The van der Waals surface area contributed by atoms with Crippen LogP contribution in [-0.2, 0) is 20.7 Å². The van der Waals surface area contributed by atoms with Gasteiger partial charge in [0.15, 0.2) is 0 Å². The predicted octanol–water partition coefficient (Wildman–Crippen LogP) is 4.63. The summed E-state index contributed by atoms with van der Waals surface area (Å²) in [5.74, 6) is -1.57. The molecule has 4 rings (SSSR count). The minimum Gasteiger partial charge on any atom is -0.496 e. The Morgan fingerprint density at radius 3 is 2.29 bits per heavy atom. The second kappa shape index (κ2) is 14.5. The molecule has 0 aliphatic rings. The van der Waals surface area contributed by atoms with Crippen molar-refractivity contribution in [2.45, 2.75) is 31.7 Å². The van der Waals surface area contributed by atoms with Crippen LogP contribution in [0.5, 0.6) is 11.6 Å². The van der Waals surface area contributed by atoms with Crippen LogP contribution in [-0.4, -0.2) is 54.3 Å². The molecule has 0 fully saturated rings. The first-order valence-corrected chi connectivity index (χ1v) is 13.9. The zero-order valence-electron chi connectivity index (χ0n) is 24.5. The molecule has 1 aromatic heterocycles. The molecule has 0 radical (unpaired) electrons. The number of ether oxygens (including phenoxy) is 3. The Morgan fingerprint density at radius 1 is 0.956 bits per heavy atom. The highest BCUT2D eigenvalue weighted by Crippen LogP contribution is 2.40. The van der Waals surface area contributed by atoms with Gasteiger partial charge >= 0.3 is 12.1 Å². The number of esters is 1. The fourth-order valence-electron chi connectivity index (χ4n) is 4.56. The van der Waals surface area contributed by atoms with Crippen molar-refractivity contribution < 1.29 is 37.0 Å². The van der Waals surface area contributed by atoms with E-state index in [4.69, 9.17) is 25.7 Å². The van der Waals surface area contributed by atoms with Gasteiger partial charge in [0.1, 0.15) is 11.8 Å². The van der Waals surface area contributed by atoms with Gasteiger partial charge in [0, 0.05) is 29.2 Å². The Balaban J connectivity index is 1.59. The normalized spacial score (nSPS) is 12.6. The molecule has 3 aromatic carbocycles. The molecule has 0 saturated carbocycles. The number of benzene rings is 3. The fourth-order valence-corrected chi connectivity index (χ4v) is 4.56. The predicted molar refractivity (Wildman–Crippen MR) is 161 cm³/mol. The molecule has 0 spiro atoms. The maximum atomic E-state index is 14.3. The van der Waals surface area contributed by atoms with Gasteiger partial charge < -0.3 is 31.0 Å². The van der Waals surface area contributed by atoms with Crippen molar-refractivity contribution in [1.82, 2.24) is 15.3 Å². The van der Waals surface area contributed by atoms with E-state index < -0.39 is 30.2 Å². The topological polar surface area (TPSA) is 152 Å². The molecule has 10 nitrogen and oxygen atoms in total. The van der Waals surface area contributed by atoms with E-state index in [0.29, 0.717) is 16.7 Å². The maximum Gasteiger partial charge on any atom is 0.429 e. The molecule has 45 heavy (non-hydrogen) atoms. The summed E-state index contributed by atoms with van der Waals surface area (Å²) >= 11 is 0. The van der Waals surface area contributed by atoms with E-state index in [1.165, 1.54) is 25.3 Å². The third-order valence-electron chi connectivity index (χ3n) is 6.65. The van der Waals surface area contributed by atoms with Crippen molar-refractivity contribution in [2.75, 3.05) is 26.0 Å². The molecule has 13 heteroatoms. The van der Waals surface area contributed by atoms with Crippen LogP contribution in [0.25, 0.3) is 22.4 Å². The highest BCUT2D eigenvalue weighted by atomic mass is 19.4. The number of amides is 1. The largest absolute Gasteiger partial charge is 0.496 e. The summed E-state index contributed by atoms with van der Waals surface area (Å²) < 4.78 is 58.8. The quantitative estimate of drug-likeness (QED) is 0.192. The number of methoxy groups -OCH3 is 1. The number of carbonyl (C=O) groups excluding carboxylic acids is 2. The molecule has 1 heterocycles. The third kappa shape index (κ3) is 8.48. The smallest absolute Gasteiger partial charge is 0.429 e. The molecule has 2 atom stereocenters. The minimum absolute atomic E-state index is 0.116. The number of anilines is 1. The van der Waals surface area contributed by atoms with Crippen LogP contribution in [0.4, 0.5) is 19.1 Å². The fraction of sp³-hybridized carbons (Fsp3) is 0.250. The molecule has 0 aliphatic carbocycles. The van der Waals surface area contributed by atoms with Crippen molar-refractivity contribution in [1.29, 1.82) is 0 Å². The summed E-state index contributed by atoms with van der Waals surface area (Å²) in [6.07, 6.45) is -7.08. The molecule has 0 bridgehead atoms. The van der Waals surface area contributed by atoms with Crippen molar-refractivity contribution in [3.05, 3.63) is 90.0 Å². The highest BCUT2D eigenvalue weighted by molar-refractivity contribution is 5.85. The van der Waals surface area contributed by atoms with Crippen LogP contribution >= 0.6 is 0 Å². The first-order chi connectivity index (χ1) is 21.5. The second-order valence-electron chi connectivity index (χ2n) is 9.79. The summed E-state index contributed by atoms with van der Waals surface area (Å²) in [5, 5.41) is 2.53. The molecular formula is C32H32F3N5O5. The first-order valence-electron chi connectivity index (χ1n) is 13.9. The Labute approximate surface area is 257 Å². The third-order valence-corrected chi connectivity index (χ3v) is 6.65. The van der Waals surface area contributed by atoms with E-state index in [9.17, 15) is 22.8 Å². The summed E-state index contributed by atoms with van der Waals surface area (Å²) in [6, 6.07) is 20.2. The molecule has 4 aromatic rings. The maximum absolute atomic E-state index is 14.3. The van der Waals surface area contributed by atoms with Crippen molar-refractivity contribution in [3.8, 4) is 34.0 Å². The van der Waals surface area contributed by atoms with Crippen LogP contribution in [0.1, 0.15) is 24.2 Å². The van der Waals surface area contributed by atoms with E-state index in [1.807, 2.05) is 30.3 Å². The highest BCUT2D eigenvalue weighted by Gasteiger charge is 2.44. The number of rotatable bonds is 12. The average molecular weight is 624 g/mol. The first kappa shape index (κ1) is 32.7. The number of alkyl halides is 3. The molecule has 0 aliphatic heterocycles. The Morgan fingerprint density at radius 2 is 1.67 bits per heavy atom. The van der Waals surface area contributed by atoms with Crippen LogP contribution in [0.3, 0.4) is 0 Å². The lowest BCUT2D eigenvalue weighted by Gasteiger charge is -2.23. The van der Waals surface area contributed by atoms with Gasteiger partial charge in [-0.1, -0.05) is 66.7 Å². The number of carbonyl (C=O) groups is 2. The van der Waals surface area contributed by atoms with Crippen LogP contribution in [0.2, 0.25) is 0 Å². The molecule has 5 N–H and O–H groups in total. The number of halogens is 3. The number of hydrogen-bond acceptors (Lipinski definition) is 9.